The summed E-state index contributed by atoms with van der Waals surface area (Å²) in [6.07, 6.45) is 2.53. The first-order valence-electron chi connectivity index (χ1n) is 5.53. The number of aromatic nitrogens is 2. The summed E-state index contributed by atoms with van der Waals surface area (Å²) >= 11 is 0. The molecule has 0 aliphatic carbocycles. The van der Waals surface area contributed by atoms with Crippen LogP contribution in [0.2, 0.25) is 0 Å². The van der Waals surface area contributed by atoms with Crippen LogP contribution in [0.1, 0.15) is 24.2 Å². The summed E-state index contributed by atoms with van der Waals surface area (Å²) in [5, 5.41) is 6.72. The van der Waals surface area contributed by atoms with Crippen molar-refractivity contribution in [3.8, 4) is 0 Å². The third-order valence-electron chi connectivity index (χ3n) is 2.65. The van der Waals surface area contributed by atoms with Gasteiger partial charge in [-0.1, -0.05) is 0 Å². The number of anilines is 1. The quantitative estimate of drug-likeness (QED) is 0.847. The summed E-state index contributed by atoms with van der Waals surface area (Å²) in [6, 6.07) is 2.56. The highest BCUT2D eigenvalue weighted by atomic mass is 35.5. The molecule has 0 spiro atoms. The molecule has 16 heavy (non-hydrogen) atoms. The third kappa shape index (κ3) is 3.61. The predicted molar refractivity (Wildman–Crippen MR) is 68.3 cm³/mol. The van der Waals surface area contributed by atoms with Gasteiger partial charge in [0.1, 0.15) is 0 Å². The van der Waals surface area contributed by atoms with Gasteiger partial charge in [-0.25, -0.2) is 9.97 Å². The Morgan fingerprint density at radius 1 is 1.38 bits per heavy atom. The van der Waals surface area contributed by atoms with Gasteiger partial charge in [-0.3, -0.25) is 0 Å². The van der Waals surface area contributed by atoms with Gasteiger partial charge in [0.15, 0.2) is 0 Å². The van der Waals surface area contributed by atoms with Crippen LogP contribution in [0.3, 0.4) is 0 Å². The van der Waals surface area contributed by atoms with Crippen LogP contribution in [0.15, 0.2) is 6.07 Å². The highest BCUT2D eigenvalue weighted by Crippen LogP contribution is 2.07. The number of hydrogen-bond donors (Lipinski definition) is 2. The smallest absolute Gasteiger partial charge is 0.223 e. The maximum atomic E-state index is 4.34. The van der Waals surface area contributed by atoms with Gasteiger partial charge < -0.3 is 10.6 Å². The van der Waals surface area contributed by atoms with Gasteiger partial charge >= 0.3 is 0 Å². The van der Waals surface area contributed by atoms with Crippen LogP contribution in [0.4, 0.5) is 5.95 Å². The zero-order valence-electron chi connectivity index (χ0n) is 9.79. The van der Waals surface area contributed by atoms with Crippen LogP contribution < -0.4 is 10.6 Å². The number of nitrogens with one attached hydrogen (secondary N) is 2. The van der Waals surface area contributed by atoms with Crippen molar-refractivity contribution >= 4 is 18.4 Å². The van der Waals surface area contributed by atoms with E-state index in [4.69, 9.17) is 0 Å². The van der Waals surface area contributed by atoms with E-state index in [1.165, 1.54) is 12.8 Å². The molecular formula is C11H19ClN4. The minimum atomic E-state index is 0. The van der Waals surface area contributed by atoms with Gasteiger partial charge in [-0.2, -0.15) is 0 Å². The zero-order valence-corrected chi connectivity index (χ0v) is 10.6. The van der Waals surface area contributed by atoms with Crippen LogP contribution in [-0.4, -0.2) is 29.1 Å². The first kappa shape index (κ1) is 13.2. The van der Waals surface area contributed by atoms with Crippen LogP contribution >= 0.6 is 12.4 Å². The van der Waals surface area contributed by atoms with Gasteiger partial charge in [0.2, 0.25) is 5.95 Å². The normalized spacial score (nSPS) is 19.2. The number of hydrogen-bond acceptors (Lipinski definition) is 4. The fraction of sp³-hybridized carbons (Fsp3) is 0.636. The molecule has 1 atom stereocenters. The maximum absolute atomic E-state index is 4.34. The van der Waals surface area contributed by atoms with E-state index in [1.807, 2.05) is 19.9 Å². The summed E-state index contributed by atoms with van der Waals surface area (Å²) in [5.41, 5.74) is 2.04. The van der Waals surface area contributed by atoms with Crippen LogP contribution in [0.5, 0.6) is 0 Å². The van der Waals surface area contributed by atoms with Gasteiger partial charge in [-0.05, 0) is 39.3 Å². The SMILES string of the molecule is Cc1cc(C)nc(NCC2CCCN2)n1.Cl. The Bertz CT molecular complexity index is 317. The van der Waals surface area contributed by atoms with Gasteiger partial charge in [-0.15, -0.1) is 12.4 Å². The molecule has 0 amide bonds. The highest BCUT2D eigenvalue weighted by molar-refractivity contribution is 5.85. The van der Waals surface area contributed by atoms with E-state index in [2.05, 4.69) is 20.6 Å². The molecule has 4 nitrogen and oxygen atoms in total. The Kier molecular flexibility index (Phi) is 4.96. The fourth-order valence-electron chi connectivity index (χ4n) is 1.95. The Morgan fingerprint density at radius 2 is 2.06 bits per heavy atom. The summed E-state index contributed by atoms with van der Waals surface area (Å²) in [5.74, 6) is 0.751. The second kappa shape index (κ2) is 6.01. The molecule has 2 N–H and O–H groups in total. The highest BCUT2D eigenvalue weighted by Gasteiger charge is 2.13. The third-order valence-corrected chi connectivity index (χ3v) is 2.65. The minimum Gasteiger partial charge on any atom is -0.353 e. The number of aryl methyl sites for hydroxylation is 2. The number of nitrogens with zero attached hydrogens (tertiary/aromatic N) is 2. The molecule has 1 aliphatic heterocycles. The molecule has 1 aromatic heterocycles. The summed E-state index contributed by atoms with van der Waals surface area (Å²) in [4.78, 5) is 8.69. The predicted octanol–water partition coefficient (Wildman–Crippen LogP) is 1.68. The Morgan fingerprint density at radius 3 is 2.62 bits per heavy atom. The van der Waals surface area contributed by atoms with E-state index in [9.17, 15) is 0 Å². The molecule has 1 saturated heterocycles. The standard InChI is InChI=1S/C11H18N4.ClH/c1-8-6-9(2)15-11(14-8)13-7-10-4-3-5-12-10;/h6,10,12H,3-5,7H2,1-2H3,(H,13,14,15);1H. The average molecular weight is 243 g/mol. The summed E-state index contributed by atoms with van der Waals surface area (Å²) in [6.45, 7) is 6.05. The Hall–Kier alpha value is -0.870. The average Bonchev–Trinajstić information content (AvgIpc) is 2.65. The molecule has 0 radical (unpaired) electrons. The number of rotatable bonds is 3. The largest absolute Gasteiger partial charge is 0.353 e. The minimum absolute atomic E-state index is 0. The van der Waals surface area contributed by atoms with Crippen molar-refractivity contribution in [3.63, 3.8) is 0 Å². The molecule has 90 valence electrons. The van der Waals surface area contributed by atoms with E-state index >= 15 is 0 Å². The fourth-order valence-corrected chi connectivity index (χ4v) is 1.95. The van der Waals surface area contributed by atoms with Gasteiger partial charge in [0, 0.05) is 24.0 Å². The lowest BCUT2D eigenvalue weighted by Gasteiger charge is -2.11. The van der Waals surface area contributed by atoms with Gasteiger partial charge in [0.25, 0.3) is 0 Å². The molecule has 2 heterocycles. The topological polar surface area (TPSA) is 49.8 Å². The molecule has 1 aliphatic rings. The van der Waals surface area contributed by atoms with Crippen molar-refractivity contribution in [3.05, 3.63) is 17.5 Å². The molecule has 1 fully saturated rings. The Balaban J connectivity index is 0.00000128. The van der Waals surface area contributed by atoms with Crippen molar-refractivity contribution in [1.82, 2.24) is 15.3 Å². The molecule has 0 aromatic carbocycles. The Labute approximate surface area is 103 Å². The molecule has 1 aromatic rings. The molecule has 1 unspecified atom stereocenters. The summed E-state index contributed by atoms with van der Waals surface area (Å²) in [7, 11) is 0. The lowest BCUT2D eigenvalue weighted by molar-refractivity contribution is 0.631. The van der Waals surface area contributed by atoms with E-state index in [0.29, 0.717) is 6.04 Å². The maximum Gasteiger partial charge on any atom is 0.223 e. The van der Waals surface area contributed by atoms with Crippen molar-refractivity contribution in [2.24, 2.45) is 0 Å². The number of halogens is 1. The van der Waals surface area contributed by atoms with Crippen molar-refractivity contribution < 1.29 is 0 Å². The molecular weight excluding hydrogens is 224 g/mol. The molecule has 2 rings (SSSR count). The van der Waals surface area contributed by atoms with E-state index in [-0.39, 0.29) is 12.4 Å². The van der Waals surface area contributed by atoms with Crippen LogP contribution in [0, 0.1) is 13.8 Å². The second-order valence-corrected chi connectivity index (χ2v) is 4.15. The lowest BCUT2D eigenvalue weighted by Crippen LogP contribution is -2.29. The molecule has 0 bridgehead atoms. The molecule has 0 saturated carbocycles. The lowest BCUT2D eigenvalue weighted by atomic mass is 10.2. The van der Waals surface area contributed by atoms with E-state index in [1.54, 1.807) is 0 Å². The van der Waals surface area contributed by atoms with Crippen molar-refractivity contribution in [1.29, 1.82) is 0 Å². The molecule has 5 heteroatoms. The second-order valence-electron chi connectivity index (χ2n) is 4.15. The van der Waals surface area contributed by atoms with Gasteiger partial charge in [0.05, 0.1) is 0 Å². The van der Waals surface area contributed by atoms with Crippen molar-refractivity contribution in [2.75, 3.05) is 18.4 Å². The van der Waals surface area contributed by atoms with Crippen LogP contribution in [0.25, 0.3) is 0 Å². The van der Waals surface area contributed by atoms with Crippen LogP contribution in [-0.2, 0) is 0 Å². The van der Waals surface area contributed by atoms with E-state index in [0.717, 1.165) is 30.4 Å². The summed E-state index contributed by atoms with van der Waals surface area (Å²) < 4.78 is 0. The first-order valence-corrected chi connectivity index (χ1v) is 5.53. The zero-order chi connectivity index (χ0) is 10.7. The first-order chi connectivity index (χ1) is 7.24. The van der Waals surface area contributed by atoms with Crippen molar-refractivity contribution in [2.45, 2.75) is 32.7 Å². The monoisotopic (exact) mass is 242 g/mol. The van der Waals surface area contributed by atoms with E-state index < -0.39 is 0 Å².